The summed E-state index contributed by atoms with van der Waals surface area (Å²) in [6.07, 6.45) is -1.23. The maximum atomic E-state index is 12.9. The van der Waals surface area contributed by atoms with Crippen LogP contribution in [0.4, 0.5) is 0 Å². The molecule has 4 unspecified atom stereocenters. The monoisotopic (exact) mass is 531 g/mol. The van der Waals surface area contributed by atoms with Gasteiger partial charge in [0.25, 0.3) is 0 Å². The van der Waals surface area contributed by atoms with Crippen LogP contribution in [0.5, 0.6) is 0 Å². The van der Waals surface area contributed by atoms with Crippen LogP contribution in [0, 0.1) is 5.92 Å². The zero-order chi connectivity index (χ0) is 28.7. The number of amides is 3. The predicted molar refractivity (Wildman–Crippen MR) is 130 cm³/mol. The number of nitrogens with two attached hydrogens (primary N) is 3. The summed E-state index contributed by atoms with van der Waals surface area (Å²) >= 11 is 0. The van der Waals surface area contributed by atoms with E-state index in [0.717, 1.165) is 0 Å². The highest BCUT2D eigenvalue weighted by molar-refractivity contribution is 5.94. The molecule has 3 amide bonds. The number of carbonyl (C=O) groups excluding carboxylic acids is 3. The molecule has 16 nitrogen and oxygen atoms in total. The topological polar surface area (TPSA) is 290 Å². The average Bonchev–Trinajstić information content (AvgIpc) is 2.79. The highest BCUT2D eigenvalue weighted by atomic mass is 16.4. The molecule has 0 aliphatic heterocycles. The first kappa shape index (κ1) is 33.0. The molecule has 0 aromatic rings. The van der Waals surface area contributed by atoms with Gasteiger partial charge in [-0.25, -0.2) is 4.79 Å². The lowest BCUT2D eigenvalue weighted by Gasteiger charge is -2.26. The Kier molecular flexibility index (Phi) is 14.9. The van der Waals surface area contributed by atoms with Gasteiger partial charge in [-0.15, -0.1) is 0 Å². The molecule has 12 N–H and O–H groups in total. The molecule has 0 heterocycles. The van der Waals surface area contributed by atoms with Gasteiger partial charge in [0.2, 0.25) is 17.7 Å². The predicted octanol–water partition coefficient (Wildman–Crippen LogP) is -2.71. The van der Waals surface area contributed by atoms with Gasteiger partial charge in [0.05, 0.1) is 6.04 Å². The Morgan fingerprint density at radius 3 is 1.78 bits per heavy atom. The van der Waals surface area contributed by atoms with E-state index in [9.17, 15) is 33.9 Å². The van der Waals surface area contributed by atoms with Crippen molar-refractivity contribution in [2.75, 3.05) is 6.54 Å². The van der Waals surface area contributed by atoms with Crippen LogP contribution in [-0.2, 0) is 28.8 Å². The summed E-state index contributed by atoms with van der Waals surface area (Å²) in [5, 5.41) is 34.2. The third kappa shape index (κ3) is 14.3. The molecule has 0 saturated carbocycles. The number of guanidine groups is 1. The largest absolute Gasteiger partial charge is 0.481 e. The summed E-state index contributed by atoms with van der Waals surface area (Å²) in [5.41, 5.74) is 16.1. The number of carbonyl (C=O) groups is 6. The summed E-state index contributed by atoms with van der Waals surface area (Å²) in [5.74, 6) is -6.99. The lowest BCUT2D eigenvalue weighted by Crippen LogP contribution is -2.58. The van der Waals surface area contributed by atoms with E-state index in [-0.39, 0.29) is 44.6 Å². The quantitative estimate of drug-likeness (QED) is 0.0495. The lowest BCUT2D eigenvalue weighted by atomic mass is 10.0. The van der Waals surface area contributed by atoms with Gasteiger partial charge in [-0.1, -0.05) is 13.8 Å². The van der Waals surface area contributed by atoms with E-state index >= 15 is 0 Å². The van der Waals surface area contributed by atoms with E-state index in [0.29, 0.717) is 0 Å². The lowest BCUT2D eigenvalue weighted by molar-refractivity contribution is -0.143. The first-order valence-corrected chi connectivity index (χ1v) is 11.5. The second-order valence-corrected chi connectivity index (χ2v) is 8.61. The third-order valence-electron chi connectivity index (χ3n) is 5.09. The number of carboxylic acids is 3. The molecule has 0 saturated heterocycles. The molecule has 0 spiro atoms. The van der Waals surface area contributed by atoms with E-state index in [1.165, 1.54) is 0 Å². The van der Waals surface area contributed by atoms with Crippen LogP contribution in [0.25, 0.3) is 0 Å². The van der Waals surface area contributed by atoms with Crippen molar-refractivity contribution in [1.29, 1.82) is 0 Å². The second-order valence-electron chi connectivity index (χ2n) is 8.61. The fourth-order valence-corrected chi connectivity index (χ4v) is 3.04. The molecule has 0 aliphatic carbocycles. The van der Waals surface area contributed by atoms with Gasteiger partial charge in [-0.05, 0) is 31.6 Å². The number of nitrogens with zero attached hydrogens (tertiary/aromatic N) is 1. The van der Waals surface area contributed by atoms with E-state index in [1.54, 1.807) is 13.8 Å². The van der Waals surface area contributed by atoms with Crippen LogP contribution in [0.2, 0.25) is 0 Å². The van der Waals surface area contributed by atoms with E-state index in [4.69, 9.17) is 27.4 Å². The van der Waals surface area contributed by atoms with E-state index < -0.39 is 72.1 Å². The second kappa shape index (κ2) is 16.7. The minimum atomic E-state index is -1.43. The zero-order valence-corrected chi connectivity index (χ0v) is 20.8. The molecule has 0 bridgehead atoms. The molecule has 4 atom stereocenters. The summed E-state index contributed by atoms with van der Waals surface area (Å²) in [7, 11) is 0. The number of rotatable bonds is 18. The fraction of sp³-hybridized carbons (Fsp3) is 0.667. The Morgan fingerprint density at radius 2 is 1.30 bits per heavy atom. The molecular weight excluding hydrogens is 494 g/mol. The zero-order valence-electron chi connectivity index (χ0n) is 20.8. The van der Waals surface area contributed by atoms with Crippen molar-refractivity contribution in [3.8, 4) is 0 Å². The number of nitrogens with one attached hydrogen (secondary N) is 3. The summed E-state index contributed by atoms with van der Waals surface area (Å²) < 4.78 is 0. The Labute approximate surface area is 213 Å². The standard InChI is InChI=1S/C21H37N7O9/c1-10(2)16(28-17(33)11(22)5-7-14(29)30)19(35)26-12(6-8-15(31)32)18(34)27-13(20(36)37)4-3-9-25-21(23)24/h10-13,16H,3-9,22H2,1-2H3,(H,26,35)(H,27,34)(H,28,33)(H,29,30)(H,31,32)(H,36,37)(H4,23,24,25). The van der Waals surface area contributed by atoms with Gasteiger partial charge in [0.15, 0.2) is 5.96 Å². The molecule has 0 aromatic heterocycles. The van der Waals surface area contributed by atoms with E-state index in [2.05, 4.69) is 20.9 Å². The van der Waals surface area contributed by atoms with Crippen molar-refractivity contribution in [1.82, 2.24) is 16.0 Å². The van der Waals surface area contributed by atoms with Gasteiger partial charge < -0.3 is 48.5 Å². The van der Waals surface area contributed by atoms with Crippen LogP contribution in [0.15, 0.2) is 4.99 Å². The fourth-order valence-electron chi connectivity index (χ4n) is 3.04. The van der Waals surface area contributed by atoms with Gasteiger partial charge in [-0.3, -0.25) is 29.0 Å². The normalized spacial score (nSPS) is 13.9. The minimum absolute atomic E-state index is 0.0453. The molecule has 16 heteroatoms. The third-order valence-corrected chi connectivity index (χ3v) is 5.09. The van der Waals surface area contributed by atoms with Gasteiger partial charge in [0, 0.05) is 19.4 Å². The van der Waals surface area contributed by atoms with Crippen molar-refractivity contribution in [3.05, 3.63) is 0 Å². The van der Waals surface area contributed by atoms with Crippen LogP contribution < -0.4 is 33.2 Å². The van der Waals surface area contributed by atoms with Crippen LogP contribution in [0.3, 0.4) is 0 Å². The minimum Gasteiger partial charge on any atom is -0.481 e. The van der Waals surface area contributed by atoms with Crippen molar-refractivity contribution < 1.29 is 44.1 Å². The number of aliphatic imine (C=N–C) groups is 1. The molecule has 210 valence electrons. The number of hydrogen-bond donors (Lipinski definition) is 9. The highest BCUT2D eigenvalue weighted by Crippen LogP contribution is 2.08. The van der Waals surface area contributed by atoms with Crippen molar-refractivity contribution in [2.24, 2.45) is 28.1 Å². The van der Waals surface area contributed by atoms with E-state index in [1.807, 2.05) is 0 Å². The number of carboxylic acid groups (broad SMARTS) is 3. The molecule has 0 fully saturated rings. The number of hydrogen-bond acceptors (Lipinski definition) is 8. The first-order valence-electron chi connectivity index (χ1n) is 11.5. The molecule has 0 radical (unpaired) electrons. The first-order chi connectivity index (χ1) is 17.1. The molecule has 0 aliphatic rings. The maximum absolute atomic E-state index is 12.9. The summed E-state index contributed by atoms with van der Waals surface area (Å²) in [6.45, 7) is 3.30. The highest BCUT2D eigenvalue weighted by Gasteiger charge is 2.32. The molecule has 0 rings (SSSR count). The van der Waals surface area contributed by atoms with Crippen LogP contribution in [-0.4, -0.2) is 87.6 Å². The Hall–Kier alpha value is -3.95. The van der Waals surface area contributed by atoms with Crippen LogP contribution in [0.1, 0.15) is 52.4 Å². The number of aliphatic carboxylic acids is 3. The molecule has 0 aromatic carbocycles. The smallest absolute Gasteiger partial charge is 0.326 e. The van der Waals surface area contributed by atoms with Crippen molar-refractivity contribution >= 4 is 41.6 Å². The Bertz CT molecular complexity index is 859. The molecular formula is C21H37N7O9. The van der Waals surface area contributed by atoms with Gasteiger partial charge in [-0.2, -0.15) is 0 Å². The Balaban J connectivity index is 5.46. The Morgan fingerprint density at radius 1 is 0.757 bits per heavy atom. The average molecular weight is 532 g/mol. The van der Waals surface area contributed by atoms with Gasteiger partial charge >= 0.3 is 17.9 Å². The molecule has 37 heavy (non-hydrogen) atoms. The van der Waals surface area contributed by atoms with Crippen LogP contribution >= 0.6 is 0 Å². The summed E-state index contributed by atoms with van der Waals surface area (Å²) in [6, 6.07) is -5.19. The maximum Gasteiger partial charge on any atom is 0.326 e. The van der Waals surface area contributed by atoms with Crippen molar-refractivity contribution in [2.45, 2.75) is 76.5 Å². The van der Waals surface area contributed by atoms with Gasteiger partial charge in [0.1, 0.15) is 18.1 Å². The SMILES string of the molecule is CC(C)C(NC(=O)C(N)CCC(=O)O)C(=O)NC(CCC(=O)O)C(=O)NC(CCCN=C(N)N)C(=O)O. The summed E-state index contributed by atoms with van der Waals surface area (Å²) in [4.78, 5) is 75.1. The van der Waals surface area contributed by atoms with Crippen molar-refractivity contribution in [3.63, 3.8) is 0 Å².